The van der Waals surface area contributed by atoms with Gasteiger partial charge < -0.3 is 15.1 Å². The van der Waals surface area contributed by atoms with Gasteiger partial charge in [-0.05, 0) is 37.1 Å². The number of benzene rings is 2. The van der Waals surface area contributed by atoms with Gasteiger partial charge in [0, 0.05) is 12.2 Å². The van der Waals surface area contributed by atoms with Gasteiger partial charge in [0.05, 0.1) is 17.8 Å². The van der Waals surface area contributed by atoms with Crippen LogP contribution in [0.15, 0.2) is 48.5 Å². The number of hydrogen-bond acceptors (Lipinski definition) is 2. The fourth-order valence-electron chi connectivity index (χ4n) is 3.18. The number of carbonyl (C=O) groups is 2. The third-order valence-electron chi connectivity index (χ3n) is 4.85. The van der Waals surface area contributed by atoms with E-state index in [4.69, 9.17) is 11.6 Å². The number of nitrogens with one attached hydrogen (secondary N) is 2. The summed E-state index contributed by atoms with van der Waals surface area (Å²) in [5.41, 5.74) is 2.76. The smallest absolute Gasteiger partial charge is 0.284 e. The van der Waals surface area contributed by atoms with E-state index in [-0.39, 0.29) is 24.4 Å². The Kier molecular flexibility index (Phi) is 5.59. The minimum absolute atomic E-state index is 0.0398. The second-order valence-corrected chi connectivity index (χ2v) is 7.05. The van der Waals surface area contributed by atoms with Crippen molar-refractivity contribution in [2.75, 3.05) is 30.4 Å². The van der Waals surface area contributed by atoms with Crippen molar-refractivity contribution in [2.24, 2.45) is 0 Å². The third-order valence-corrected chi connectivity index (χ3v) is 5.18. The first-order chi connectivity index (χ1) is 12.5. The molecule has 0 fully saturated rings. The van der Waals surface area contributed by atoms with E-state index >= 15 is 0 Å². The van der Waals surface area contributed by atoms with Crippen molar-refractivity contribution in [1.82, 2.24) is 0 Å². The Balaban J connectivity index is 1.61. The molecule has 3 rings (SSSR count). The summed E-state index contributed by atoms with van der Waals surface area (Å²) < 4.78 is 0. The molecule has 6 heteroatoms. The van der Waals surface area contributed by atoms with Gasteiger partial charge >= 0.3 is 0 Å². The topological polar surface area (TPSA) is 53.9 Å². The molecule has 0 spiro atoms. The highest BCUT2D eigenvalue weighted by Crippen LogP contribution is 2.27. The number of fused-ring (bicyclic) bond motifs is 1. The van der Waals surface area contributed by atoms with Crippen molar-refractivity contribution in [2.45, 2.75) is 19.4 Å². The Morgan fingerprint density at radius 2 is 1.88 bits per heavy atom. The van der Waals surface area contributed by atoms with Gasteiger partial charge in [0.15, 0.2) is 12.6 Å². The van der Waals surface area contributed by atoms with Crippen molar-refractivity contribution in [3.63, 3.8) is 0 Å². The zero-order valence-corrected chi connectivity index (χ0v) is 15.7. The Morgan fingerprint density at radius 3 is 2.65 bits per heavy atom. The molecule has 2 atom stereocenters. The van der Waals surface area contributed by atoms with E-state index in [1.165, 1.54) is 5.56 Å². The molecule has 0 aromatic heterocycles. The molecule has 136 valence electrons. The van der Waals surface area contributed by atoms with Gasteiger partial charge in [-0.2, -0.15) is 0 Å². The first-order valence-corrected chi connectivity index (χ1v) is 9.11. The standard InChI is InChI=1S/C20H22ClN3O2/c1-14(20(26)24-12-11-15-7-3-6-10-18(15)24)23(2)13-19(25)22-17-9-5-4-8-16(17)21/h3-10,14H,11-13H2,1-2H3,(H,22,25)/p+1/t14-/m0/s1. The first-order valence-electron chi connectivity index (χ1n) is 8.73. The summed E-state index contributed by atoms with van der Waals surface area (Å²) in [4.78, 5) is 27.9. The SMILES string of the molecule is C[C@@H](C(=O)N1CCc2ccccc21)[NH+](C)CC(=O)Nc1ccccc1Cl. The van der Waals surface area contributed by atoms with Gasteiger partial charge in [0.25, 0.3) is 11.8 Å². The molecule has 2 aromatic carbocycles. The molecule has 26 heavy (non-hydrogen) atoms. The molecular formula is C20H23ClN3O2+. The minimum atomic E-state index is -0.321. The van der Waals surface area contributed by atoms with Crippen LogP contribution in [0.5, 0.6) is 0 Å². The highest BCUT2D eigenvalue weighted by atomic mass is 35.5. The monoisotopic (exact) mass is 372 g/mol. The van der Waals surface area contributed by atoms with Crippen LogP contribution in [-0.2, 0) is 16.0 Å². The molecule has 0 bridgehead atoms. The second-order valence-electron chi connectivity index (χ2n) is 6.64. The van der Waals surface area contributed by atoms with Crippen molar-refractivity contribution in [3.05, 3.63) is 59.1 Å². The lowest BCUT2D eigenvalue weighted by Crippen LogP contribution is -3.15. The van der Waals surface area contributed by atoms with Gasteiger partial charge in [0.2, 0.25) is 0 Å². The van der Waals surface area contributed by atoms with Crippen LogP contribution < -0.4 is 15.1 Å². The summed E-state index contributed by atoms with van der Waals surface area (Å²) in [5.74, 6) is -0.130. The highest BCUT2D eigenvalue weighted by Gasteiger charge is 2.32. The van der Waals surface area contributed by atoms with E-state index in [2.05, 4.69) is 11.4 Å². The van der Waals surface area contributed by atoms with Crippen LogP contribution >= 0.6 is 11.6 Å². The number of rotatable bonds is 5. The van der Waals surface area contributed by atoms with E-state index in [1.54, 1.807) is 12.1 Å². The first kappa shape index (κ1) is 18.4. The van der Waals surface area contributed by atoms with Crippen LogP contribution in [0.1, 0.15) is 12.5 Å². The number of amides is 2. The van der Waals surface area contributed by atoms with Gasteiger partial charge in [-0.1, -0.05) is 41.9 Å². The second kappa shape index (κ2) is 7.89. The minimum Gasteiger partial charge on any atom is -0.320 e. The number of halogens is 1. The predicted molar refractivity (Wildman–Crippen MR) is 104 cm³/mol. The molecule has 0 saturated carbocycles. The van der Waals surface area contributed by atoms with E-state index < -0.39 is 0 Å². The number of para-hydroxylation sites is 2. The van der Waals surface area contributed by atoms with Crippen molar-refractivity contribution in [1.29, 1.82) is 0 Å². The summed E-state index contributed by atoms with van der Waals surface area (Å²) in [6, 6.07) is 14.8. The molecule has 2 amide bonds. The lowest BCUT2D eigenvalue weighted by atomic mass is 10.2. The van der Waals surface area contributed by atoms with Crippen molar-refractivity contribution >= 4 is 34.8 Å². The van der Waals surface area contributed by atoms with E-state index in [1.807, 2.05) is 49.2 Å². The largest absolute Gasteiger partial charge is 0.320 e. The molecule has 0 saturated heterocycles. The van der Waals surface area contributed by atoms with Gasteiger partial charge in [-0.15, -0.1) is 0 Å². The number of nitrogens with zero attached hydrogens (tertiary/aromatic N) is 1. The molecule has 1 unspecified atom stereocenters. The van der Waals surface area contributed by atoms with Crippen LogP contribution in [0.2, 0.25) is 5.02 Å². The zero-order chi connectivity index (χ0) is 18.7. The lowest BCUT2D eigenvalue weighted by molar-refractivity contribution is -0.885. The van der Waals surface area contributed by atoms with Gasteiger partial charge in [0.1, 0.15) is 0 Å². The molecule has 1 heterocycles. The fraction of sp³-hybridized carbons (Fsp3) is 0.300. The van der Waals surface area contributed by atoms with Crippen molar-refractivity contribution in [3.8, 4) is 0 Å². The molecule has 5 nitrogen and oxygen atoms in total. The Morgan fingerprint density at radius 1 is 1.19 bits per heavy atom. The maximum absolute atomic E-state index is 12.9. The maximum atomic E-state index is 12.9. The summed E-state index contributed by atoms with van der Waals surface area (Å²) >= 11 is 6.07. The van der Waals surface area contributed by atoms with Crippen LogP contribution in [0, 0.1) is 0 Å². The number of anilines is 2. The van der Waals surface area contributed by atoms with Crippen LogP contribution in [0.4, 0.5) is 11.4 Å². The molecule has 0 radical (unpaired) electrons. The highest BCUT2D eigenvalue weighted by molar-refractivity contribution is 6.33. The average Bonchev–Trinajstić information content (AvgIpc) is 3.06. The van der Waals surface area contributed by atoms with E-state index in [9.17, 15) is 9.59 Å². The summed E-state index contributed by atoms with van der Waals surface area (Å²) in [5, 5.41) is 3.30. The predicted octanol–water partition coefficient (Wildman–Crippen LogP) is 1.77. The fourth-order valence-corrected chi connectivity index (χ4v) is 3.36. The van der Waals surface area contributed by atoms with Crippen LogP contribution in [0.3, 0.4) is 0 Å². The molecule has 2 N–H and O–H groups in total. The molecule has 1 aliphatic rings. The average molecular weight is 373 g/mol. The summed E-state index contributed by atoms with van der Waals surface area (Å²) in [7, 11) is 1.86. The number of carbonyl (C=O) groups excluding carboxylic acids is 2. The summed E-state index contributed by atoms with van der Waals surface area (Å²) in [6.45, 7) is 2.75. The van der Waals surface area contributed by atoms with Gasteiger partial charge in [-0.3, -0.25) is 9.59 Å². The Hall–Kier alpha value is -2.37. The summed E-state index contributed by atoms with van der Waals surface area (Å²) in [6.07, 6.45) is 0.876. The van der Waals surface area contributed by atoms with Gasteiger partial charge in [-0.25, -0.2) is 0 Å². The maximum Gasteiger partial charge on any atom is 0.284 e. The van der Waals surface area contributed by atoms with E-state index in [0.29, 0.717) is 17.3 Å². The quantitative estimate of drug-likeness (QED) is 0.840. The Labute approximate surface area is 158 Å². The molecular weight excluding hydrogens is 350 g/mol. The number of hydrogen-bond donors (Lipinski definition) is 2. The normalized spacial score (nSPS) is 15.3. The molecule has 0 aliphatic carbocycles. The number of quaternary nitrogens is 1. The van der Waals surface area contributed by atoms with Crippen LogP contribution in [-0.4, -0.2) is 38.0 Å². The molecule has 1 aliphatic heterocycles. The zero-order valence-electron chi connectivity index (χ0n) is 15.0. The third kappa shape index (κ3) is 3.89. The van der Waals surface area contributed by atoms with E-state index in [0.717, 1.165) is 17.0 Å². The lowest BCUT2D eigenvalue weighted by Gasteiger charge is -2.25. The van der Waals surface area contributed by atoms with Crippen LogP contribution in [0.25, 0.3) is 0 Å². The molecule has 2 aromatic rings. The Bertz CT molecular complexity index is 824. The number of likely N-dealkylation sites (N-methyl/N-ethyl adjacent to an activating group) is 1. The van der Waals surface area contributed by atoms with Crippen molar-refractivity contribution < 1.29 is 14.5 Å².